The van der Waals surface area contributed by atoms with Gasteiger partial charge in [-0.05, 0) is 48.5 Å². The normalized spacial score (nSPS) is 9.90. The Morgan fingerprint density at radius 1 is 0.900 bits per heavy atom. The van der Waals surface area contributed by atoms with Gasteiger partial charge in [0, 0.05) is 5.56 Å². The van der Waals surface area contributed by atoms with Gasteiger partial charge < -0.3 is 9.47 Å². The third kappa shape index (κ3) is 3.20. The van der Waals surface area contributed by atoms with Crippen molar-refractivity contribution in [1.29, 1.82) is 0 Å². The lowest BCUT2D eigenvalue weighted by atomic mass is 10.1. The molecule has 0 aliphatic heterocycles. The Kier molecular flexibility index (Phi) is 4.10. The third-order valence-electron chi connectivity index (χ3n) is 2.54. The fourth-order valence-corrected chi connectivity index (χ4v) is 1.52. The first kappa shape index (κ1) is 13.7. The summed E-state index contributed by atoms with van der Waals surface area (Å²) >= 11 is 0. The number of hydrogen-bond donors (Lipinski definition) is 0. The highest BCUT2D eigenvalue weighted by Gasteiger charge is 2.16. The molecule has 0 aliphatic rings. The smallest absolute Gasteiger partial charge is 0.379 e. The van der Waals surface area contributed by atoms with Crippen molar-refractivity contribution < 1.29 is 23.5 Å². The minimum Gasteiger partial charge on any atom is -0.463 e. The number of ether oxygens (including phenoxy) is 2. The molecular weight excluding hydrogens is 263 g/mol. The Balaban J connectivity index is 2.10. The lowest BCUT2D eigenvalue weighted by Crippen LogP contribution is -2.15. The van der Waals surface area contributed by atoms with Gasteiger partial charge in [-0.1, -0.05) is 0 Å². The summed E-state index contributed by atoms with van der Waals surface area (Å²) in [6.45, 7) is 0. The average Bonchev–Trinajstić information content (AvgIpc) is 2.49. The van der Waals surface area contributed by atoms with Crippen LogP contribution in [0, 0.1) is 5.82 Å². The maximum Gasteiger partial charge on any atom is 0.379 e. The van der Waals surface area contributed by atoms with Crippen molar-refractivity contribution in [3.63, 3.8) is 0 Å². The summed E-state index contributed by atoms with van der Waals surface area (Å²) in [7, 11) is 1.15. The van der Waals surface area contributed by atoms with Crippen LogP contribution in [0.5, 0.6) is 11.5 Å². The van der Waals surface area contributed by atoms with E-state index in [0.717, 1.165) is 7.11 Å². The molecule has 4 nitrogen and oxygen atoms in total. The minimum absolute atomic E-state index is 0.211. The summed E-state index contributed by atoms with van der Waals surface area (Å²) < 4.78 is 22.5. The lowest BCUT2D eigenvalue weighted by Gasteiger charge is -2.06. The van der Waals surface area contributed by atoms with Crippen LogP contribution >= 0.6 is 0 Å². The summed E-state index contributed by atoms with van der Waals surface area (Å²) in [4.78, 5) is 22.6. The molecule has 0 aliphatic carbocycles. The van der Waals surface area contributed by atoms with Crippen molar-refractivity contribution in [2.24, 2.45) is 0 Å². The quantitative estimate of drug-likeness (QED) is 0.488. The van der Waals surface area contributed by atoms with Crippen LogP contribution < -0.4 is 4.74 Å². The monoisotopic (exact) mass is 274 g/mol. The average molecular weight is 274 g/mol. The van der Waals surface area contributed by atoms with Gasteiger partial charge in [-0.2, -0.15) is 0 Å². The predicted octanol–water partition coefficient (Wildman–Crippen LogP) is 2.97. The van der Waals surface area contributed by atoms with E-state index >= 15 is 0 Å². The Labute approximate surface area is 114 Å². The Hall–Kier alpha value is -2.69. The number of ketones is 1. The second kappa shape index (κ2) is 5.97. The molecule has 0 saturated heterocycles. The highest BCUT2D eigenvalue weighted by Crippen LogP contribution is 2.22. The first-order chi connectivity index (χ1) is 9.60. The Bertz CT molecular complexity index is 617. The van der Waals surface area contributed by atoms with E-state index in [1.54, 1.807) is 12.1 Å². The number of hydrogen-bond acceptors (Lipinski definition) is 4. The molecule has 2 rings (SSSR count). The maximum atomic E-state index is 12.7. The molecule has 0 radical (unpaired) electrons. The van der Waals surface area contributed by atoms with Gasteiger partial charge in [0.2, 0.25) is 0 Å². The molecule has 0 amide bonds. The molecule has 2 aromatic rings. The summed E-state index contributed by atoms with van der Waals surface area (Å²) in [5.74, 6) is -1.05. The van der Waals surface area contributed by atoms with Crippen LogP contribution in [-0.2, 0) is 9.53 Å². The molecule has 5 heteroatoms. The van der Waals surface area contributed by atoms with Gasteiger partial charge in [-0.25, -0.2) is 9.18 Å². The number of halogens is 1. The first-order valence-corrected chi connectivity index (χ1v) is 5.76. The molecule has 0 bridgehead atoms. The van der Waals surface area contributed by atoms with Crippen LogP contribution in [0.3, 0.4) is 0 Å². The van der Waals surface area contributed by atoms with Crippen molar-refractivity contribution in [3.05, 3.63) is 59.9 Å². The first-order valence-electron chi connectivity index (χ1n) is 5.76. The summed E-state index contributed by atoms with van der Waals surface area (Å²) in [5.41, 5.74) is 0.211. The number of methoxy groups -OCH3 is 1. The second-order valence-corrected chi connectivity index (χ2v) is 3.90. The molecule has 0 spiro atoms. The van der Waals surface area contributed by atoms with Crippen LogP contribution in [0.4, 0.5) is 4.39 Å². The summed E-state index contributed by atoms with van der Waals surface area (Å²) in [5, 5.41) is 0. The Morgan fingerprint density at radius 2 is 1.40 bits per heavy atom. The van der Waals surface area contributed by atoms with E-state index in [0.29, 0.717) is 11.5 Å². The number of carbonyl (C=O) groups excluding carboxylic acids is 2. The van der Waals surface area contributed by atoms with Gasteiger partial charge >= 0.3 is 5.97 Å². The molecule has 0 saturated carbocycles. The molecule has 0 fully saturated rings. The molecule has 2 aromatic carbocycles. The van der Waals surface area contributed by atoms with Crippen molar-refractivity contribution in [3.8, 4) is 11.5 Å². The zero-order chi connectivity index (χ0) is 14.5. The third-order valence-corrected chi connectivity index (χ3v) is 2.54. The molecule has 102 valence electrons. The number of benzene rings is 2. The van der Waals surface area contributed by atoms with E-state index in [9.17, 15) is 14.0 Å². The molecule has 0 aromatic heterocycles. The summed E-state index contributed by atoms with van der Waals surface area (Å²) in [6, 6.07) is 11.5. The van der Waals surface area contributed by atoms with Crippen molar-refractivity contribution in [1.82, 2.24) is 0 Å². The molecule has 0 N–H and O–H groups in total. The van der Waals surface area contributed by atoms with Crippen molar-refractivity contribution in [2.75, 3.05) is 7.11 Å². The summed E-state index contributed by atoms with van der Waals surface area (Å²) in [6.07, 6.45) is 0. The van der Waals surface area contributed by atoms with E-state index in [1.165, 1.54) is 36.4 Å². The van der Waals surface area contributed by atoms with Crippen LogP contribution in [-0.4, -0.2) is 18.9 Å². The predicted molar refractivity (Wildman–Crippen MR) is 69.3 cm³/mol. The number of rotatable bonds is 4. The molecule has 0 atom stereocenters. The van der Waals surface area contributed by atoms with Crippen LogP contribution in [0.25, 0.3) is 0 Å². The molecular formula is C15H11FO4. The van der Waals surface area contributed by atoms with E-state index in [-0.39, 0.29) is 11.4 Å². The lowest BCUT2D eigenvalue weighted by molar-refractivity contribution is -0.135. The second-order valence-electron chi connectivity index (χ2n) is 3.90. The van der Waals surface area contributed by atoms with Crippen LogP contribution in [0.15, 0.2) is 48.5 Å². The van der Waals surface area contributed by atoms with Crippen LogP contribution in [0.2, 0.25) is 0 Å². The highest BCUT2D eigenvalue weighted by atomic mass is 19.1. The van der Waals surface area contributed by atoms with Crippen LogP contribution in [0.1, 0.15) is 10.4 Å². The van der Waals surface area contributed by atoms with Crippen molar-refractivity contribution >= 4 is 11.8 Å². The molecule has 20 heavy (non-hydrogen) atoms. The number of esters is 1. The zero-order valence-corrected chi connectivity index (χ0v) is 10.6. The standard InChI is InChI=1S/C15H11FO4/c1-19-15(18)14(17)10-2-6-12(7-3-10)20-13-8-4-11(16)5-9-13/h2-9H,1H3. The van der Waals surface area contributed by atoms with E-state index in [1.807, 2.05) is 0 Å². The van der Waals surface area contributed by atoms with Gasteiger partial charge in [0.05, 0.1) is 7.11 Å². The largest absolute Gasteiger partial charge is 0.463 e. The van der Waals surface area contributed by atoms with E-state index in [2.05, 4.69) is 4.74 Å². The van der Waals surface area contributed by atoms with Gasteiger partial charge in [-0.3, -0.25) is 4.79 Å². The number of Topliss-reactive ketones (excluding diaryl/α,β-unsaturated/α-hetero) is 1. The highest BCUT2D eigenvalue weighted by molar-refractivity contribution is 6.40. The Morgan fingerprint density at radius 3 is 1.90 bits per heavy atom. The fourth-order valence-electron chi connectivity index (χ4n) is 1.52. The van der Waals surface area contributed by atoms with Gasteiger partial charge in [-0.15, -0.1) is 0 Å². The maximum absolute atomic E-state index is 12.7. The minimum atomic E-state index is -0.919. The number of carbonyl (C=O) groups is 2. The van der Waals surface area contributed by atoms with E-state index < -0.39 is 11.8 Å². The van der Waals surface area contributed by atoms with Gasteiger partial charge in [0.1, 0.15) is 17.3 Å². The van der Waals surface area contributed by atoms with Crippen molar-refractivity contribution in [2.45, 2.75) is 0 Å². The topological polar surface area (TPSA) is 52.6 Å². The molecule has 0 heterocycles. The zero-order valence-electron chi connectivity index (χ0n) is 10.6. The van der Waals surface area contributed by atoms with E-state index in [4.69, 9.17) is 4.74 Å². The van der Waals surface area contributed by atoms with Gasteiger partial charge in [0.15, 0.2) is 0 Å². The van der Waals surface area contributed by atoms with Gasteiger partial charge in [0.25, 0.3) is 5.78 Å². The SMILES string of the molecule is COC(=O)C(=O)c1ccc(Oc2ccc(F)cc2)cc1. The molecule has 0 unspecified atom stereocenters. The fraction of sp³-hybridized carbons (Fsp3) is 0.0667.